The maximum absolute atomic E-state index is 12.0. The molecule has 20 heavy (non-hydrogen) atoms. The van der Waals surface area contributed by atoms with Crippen LogP contribution in [0.4, 0.5) is 16.2 Å². The molecule has 0 aliphatic carbocycles. The lowest BCUT2D eigenvalue weighted by Gasteiger charge is -2.08. The smallest absolute Gasteiger partial charge is 0.316 e. The Kier molecular flexibility index (Phi) is 4.17. The molecule has 0 radical (unpaired) electrons. The van der Waals surface area contributed by atoms with Crippen LogP contribution in [0.15, 0.2) is 42.7 Å². The van der Waals surface area contributed by atoms with Gasteiger partial charge in [-0.15, -0.1) is 0 Å². The molecule has 3 amide bonds. The summed E-state index contributed by atoms with van der Waals surface area (Å²) in [7, 11) is 0. The van der Waals surface area contributed by atoms with E-state index in [0.717, 1.165) is 0 Å². The van der Waals surface area contributed by atoms with Gasteiger partial charge in [-0.25, -0.2) is 4.79 Å². The second kappa shape index (κ2) is 6.03. The third-order valence-electron chi connectivity index (χ3n) is 2.41. The zero-order valence-electron chi connectivity index (χ0n) is 10.3. The number of carbonyl (C=O) groups is 2. The Bertz CT molecular complexity index is 660. The van der Waals surface area contributed by atoms with E-state index in [1.165, 1.54) is 18.5 Å². The predicted octanol–water partition coefficient (Wildman–Crippen LogP) is 2.48. The van der Waals surface area contributed by atoms with Crippen molar-refractivity contribution in [1.29, 1.82) is 0 Å². The van der Waals surface area contributed by atoms with Gasteiger partial charge in [0.1, 0.15) is 0 Å². The highest BCUT2D eigenvalue weighted by atomic mass is 35.5. The maximum atomic E-state index is 12.0. The average Bonchev–Trinajstić information content (AvgIpc) is 2.38. The molecule has 0 saturated heterocycles. The predicted molar refractivity (Wildman–Crippen MR) is 76.8 cm³/mol. The third-order valence-corrected chi connectivity index (χ3v) is 2.71. The first-order chi connectivity index (χ1) is 9.56. The van der Waals surface area contributed by atoms with Crippen LogP contribution < -0.4 is 16.4 Å². The van der Waals surface area contributed by atoms with Crippen molar-refractivity contribution in [1.82, 2.24) is 4.98 Å². The SMILES string of the molecule is NC(=O)Nc1cccc(NC(=O)c2ccncc2Cl)c1. The summed E-state index contributed by atoms with van der Waals surface area (Å²) in [6.07, 6.45) is 2.87. The lowest BCUT2D eigenvalue weighted by Crippen LogP contribution is -2.19. The standard InChI is InChI=1S/C13H11ClN4O2/c14-11-7-16-5-4-10(11)12(19)17-8-2-1-3-9(6-8)18-13(15)20/h1-7H,(H,17,19)(H3,15,18,20). The number of pyridine rings is 1. The van der Waals surface area contributed by atoms with Gasteiger partial charge < -0.3 is 16.4 Å². The number of carbonyl (C=O) groups excluding carboxylic acids is 2. The van der Waals surface area contributed by atoms with Gasteiger partial charge in [-0.1, -0.05) is 17.7 Å². The van der Waals surface area contributed by atoms with Crippen LogP contribution in [0.2, 0.25) is 5.02 Å². The molecule has 4 N–H and O–H groups in total. The van der Waals surface area contributed by atoms with Gasteiger partial charge in [0.15, 0.2) is 0 Å². The van der Waals surface area contributed by atoms with E-state index >= 15 is 0 Å². The van der Waals surface area contributed by atoms with Gasteiger partial charge in [-0.2, -0.15) is 0 Å². The highest BCUT2D eigenvalue weighted by molar-refractivity contribution is 6.34. The van der Waals surface area contributed by atoms with Crippen LogP contribution in [0.3, 0.4) is 0 Å². The van der Waals surface area contributed by atoms with Gasteiger partial charge in [-0.3, -0.25) is 9.78 Å². The molecule has 2 rings (SSSR count). The first kappa shape index (κ1) is 13.8. The maximum Gasteiger partial charge on any atom is 0.316 e. The molecule has 1 heterocycles. The van der Waals surface area contributed by atoms with E-state index in [-0.39, 0.29) is 10.9 Å². The van der Waals surface area contributed by atoms with Crippen molar-refractivity contribution in [2.75, 3.05) is 10.6 Å². The van der Waals surface area contributed by atoms with Gasteiger partial charge in [0.25, 0.3) is 5.91 Å². The number of rotatable bonds is 3. The van der Waals surface area contributed by atoms with E-state index in [0.29, 0.717) is 16.9 Å². The quantitative estimate of drug-likeness (QED) is 0.810. The van der Waals surface area contributed by atoms with Crippen LogP contribution in [0.1, 0.15) is 10.4 Å². The van der Waals surface area contributed by atoms with Crippen molar-refractivity contribution < 1.29 is 9.59 Å². The summed E-state index contributed by atoms with van der Waals surface area (Å²) in [4.78, 5) is 26.6. The van der Waals surface area contributed by atoms with Crippen LogP contribution in [0.5, 0.6) is 0 Å². The number of nitrogens with one attached hydrogen (secondary N) is 2. The molecule has 0 bridgehead atoms. The number of anilines is 2. The molecule has 0 aliphatic heterocycles. The Labute approximate surface area is 120 Å². The molecule has 6 nitrogen and oxygen atoms in total. The van der Waals surface area contributed by atoms with Crippen LogP contribution in [-0.4, -0.2) is 16.9 Å². The number of urea groups is 1. The highest BCUT2D eigenvalue weighted by Crippen LogP contribution is 2.18. The third kappa shape index (κ3) is 3.46. The normalized spacial score (nSPS) is 9.85. The average molecular weight is 291 g/mol. The zero-order chi connectivity index (χ0) is 14.5. The first-order valence-electron chi connectivity index (χ1n) is 5.63. The molecule has 102 valence electrons. The molecule has 0 aliphatic rings. The monoisotopic (exact) mass is 290 g/mol. The number of amides is 3. The Hall–Kier alpha value is -2.60. The molecule has 0 spiro atoms. The fourth-order valence-electron chi connectivity index (χ4n) is 1.57. The van der Waals surface area contributed by atoms with E-state index in [4.69, 9.17) is 17.3 Å². The molecular formula is C13H11ClN4O2. The van der Waals surface area contributed by atoms with E-state index in [2.05, 4.69) is 15.6 Å². The topological polar surface area (TPSA) is 97.1 Å². The van der Waals surface area contributed by atoms with E-state index in [1.54, 1.807) is 24.3 Å². The number of primary amides is 1. The minimum absolute atomic E-state index is 0.261. The Morgan fingerprint density at radius 2 is 1.85 bits per heavy atom. The second-order valence-electron chi connectivity index (χ2n) is 3.88. The fraction of sp³-hybridized carbons (Fsp3) is 0. The van der Waals surface area contributed by atoms with Crippen LogP contribution in [-0.2, 0) is 0 Å². The van der Waals surface area contributed by atoms with Gasteiger partial charge in [0, 0.05) is 23.8 Å². The summed E-state index contributed by atoms with van der Waals surface area (Å²) in [6, 6.07) is 7.43. The molecule has 0 atom stereocenters. The van der Waals surface area contributed by atoms with E-state index in [1.807, 2.05) is 0 Å². The largest absolute Gasteiger partial charge is 0.351 e. The number of halogens is 1. The lowest BCUT2D eigenvalue weighted by atomic mass is 10.2. The van der Waals surface area contributed by atoms with Crippen molar-refractivity contribution >= 4 is 34.9 Å². The first-order valence-corrected chi connectivity index (χ1v) is 6.01. The highest BCUT2D eigenvalue weighted by Gasteiger charge is 2.10. The number of aromatic nitrogens is 1. The molecule has 1 aromatic heterocycles. The number of benzene rings is 1. The molecule has 7 heteroatoms. The number of hydrogen-bond acceptors (Lipinski definition) is 3. The summed E-state index contributed by atoms with van der Waals surface area (Å²) in [6.45, 7) is 0. The van der Waals surface area contributed by atoms with Crippen molar-refractivity contribution in [2.24, 2.45) is 5.73 Å². The van der Waals surface area contributed by atoms with Gasteiger partial charge in [0.2, 0.25) is 0 Å². The van der Waals surface area contributed by atoms with Crippen LogP contribution in [0.25, 0.3) is 0 Å². The number of hydrogen-bond donors (Lipinski definition) is 3. The Balaban J connectivity index is 2.16. The second-order valence-corrected chi connectivity index (χ2v) is 4.29. The van der Waals surface area contributed by atoms with E-state index in [9.17, 15) is 9.59 Å². The van der Waals surface area contributed by atoms with Crippen molar-refractivity contribution in [3.05, 3.63) is 53.3 Å². The summed E-state index contributed by atoms with van der Waals surface area (Å²) in [5.41, 5.74) is 6.33. The van der Waals surface area contributed by atoms with Crippen LogP contribution >= 0.6 is 11.6 Å². The fourth-order valence-corrected chi connectivity index (χ4v) is 1.78. The summed E-state index contributed by atoms with van der Waals surface area (Å²) >= 11 is 5.89. The minimum Gasteiger partial charge on any atom is -0.351 e. The summed E-state index contributed by atoms with van der Waals surface area (Å²) in [5.74, 6) is -0.367. The number of nitrogens with zero attached hydrogens (tertiary/aromatic N) is 1. The van der Waals surface area contributed by atoms with E-state index < -0.39 is 6.03 Å². The van der Waals surface area contributed by atoms with Gasteiger partial charge in [-0.05, 0) is 24.3 Å². The minimum atomic E-state index is -0.675. The Morgan fingerprint density at radius 1 is 1.15 bits per heavy atom. The summed E-state index contributed by atoms with van der Waals surface area (Å²) in [5, 5.41) is 5.35. The van der Waals surface area contributed by atoms with Crippen molar-refractivity contribution in [3.63, 3.8) is 0 Å². The zero-order valence-corrected chi connectivity index (χ0v) is 11.0. The lowest BCUT2D eigenvalue weighted by molar-refractivity contribution is 0.102. The summed E-state index contributed by atoms with van der Waals surface area (Å²) < 4.78 is 0. The molecule has 0 unspecified atom stereocenters. The Morgan fingerprint density at radius 3 is 2.50 bits per heavy atom. The van der Waals surface area contributed by atoms with Gasteiger partial charge in [0.05, 0.1) is 10.6 Å². The molecule has 0 fully saturated rings. The van der Waals surface area contributed by atoms with Crippen molar-refractivity contribution in [2.45, 2.75) is 0 Å². The molecule has 2 aromatic rings. The van der Waals surface area contributed by atoms with Crippen molar-refractivity contribution in [3.8, 4) is 0 Å². The van der Waals surface area contributed by atoms with Crippen LogP contribution in [0, 0.1) is 0 Å². The van der Waals surface area contributed by atoms with Gasteiger partial charge >= 0.3 is 6.03 Å². The molecular weight excluding hydrogens is 280 g/mol. The molecule has 0 saturated carbocycles. The number of nitrogens with two attached hydrogens (primary N) is 1. The molecule has 1 aromatic carbocycles.